The highest BCUT2D eigenvalue weighted by molar-refractivity contribution is 5.77. The first-order valence-corrected chi connectivity index (χ1v) is 11.0. The van der Waals surface area contributed by atoms with E-state index in [2.05, 4.69) is 30.4 Å². The minimum atomic E-state index is -0.537. The van der Waals surface area contributed by atoms with Crippen LogP contribution in [0.25, 0.3) is 0 Å². The van der Waals surface area contributed by atoms with E-state index >= 15 is 0 Å². The number of amides is 1. The summed E-state index contributed by atoms with van der Waals surface area (Å²) in [6.07, 6.45) is 8.69. The van der Waals surface area contributed by atoms with Crippen LogP contribution >= 0.6 is 0 Å². The van der Waals surface area contributed by atoms with Crippen LogP contribution in [0.5, 0.6) is 0 Å². The summed E-state index contributed by atoms with van der Waals surface area (Å²) in [5, 5.41) is 24.2. The Morgan fingerprint density at radius 2 is 2.17 bits per heavy atom. The van der Waals surface area contributed by atoms with Gasteiger partial charge >= 0.3 is 0 Å². The van der Waals surface area contributed by atoms with Gasteiger partial charge in [0.2, 0.25) is 5.91 Å². The topological polar surface area (TPSA) is 72.8 Å². The monoisotopic (exact) mass is 412 g/mol. The molecule has 2 aliphatic carbocycles. The van der Waals surface area contributed by atoms with E-state index in [9.17, 15) is 15.0 Å². The van der Waals surface area contributed by atoms with Crippen molar-refractivity contribution in [1.29, 1.82) is 0 Å². The maximum atomic E-state index is 11.6. The number of nitrogens with one attached hydrogen (secondary N) is 1. The Kier molecular flexibility index (Phi) is 7.87. The number of aliphatic hydroxyl groups excluding tert-OH is 2. The van der Waals surface area contributed by atoms with Gasteiger partial charge in [0.15, 0.2) is 0 Å². The molecule has 5 atom stereocenters. The predicted molar refractivity (Wildman–Crippen MR) is 120 cm³/mol. The molecule has 0 bridgehead atoms. The summed E-state index contributed by atoms with van der Waals surface area (Å²) < 4.78 is 0. The number of nitrogens with zero attached hydrogens (tertiary/aromatic N) is 1. The summed E-state index contributed by atoms with van der Waals surface area (Å²) in [5.41, 5.74) is 3.74. The maximum Gasteiger partial charge on any atom is 0.236 e. The van der Waals surface area contributed by atoms with Gasteiger partial charge in [-0.15, -0.1) is 0 Å². The van der Waals surface area contributed by atoms with Gasteiger partial charge in [-0.1, -0.05) is 53.6 Å². The van der Waals surface area contributed by atoms with Gasteiger partial charge in [-0.3, -0.25) is 4.79 Å². The van der Waals surface area contributed by atoms with E-state index in [4.69, 9.17) is 0 Å². The number of aliphatic hydroxyl groups is 2. The third-order valence-corrected chi connectivity index (χ3v) is 6.43. The zero-order chi connectivity index (χ0) is 21.7. The fraction of sp³-hybridized carbons (Fsp3) is 0.560. The molecule has 164 valence electrons. The van der Waals surface area contributed by atoms with E-state index in [1.165, 1.54) is 11.1 Å². The Labute approximate surface area is 180 Å². The summed E-state index contributed by atoms with van der Waals surface area (Å²) >= 11 is 0. The molecule has 2 aliphatic rings. The summed E-state index contributed by atoms with van der Waals surface area (Å²) in [7, 11) is 3.53. The standard InChI is InChI=1S/C25H36N2O3/c1-17-5-4-6-18(11-17)13-21(28)7-8-22-23-14-19(12-20(23)15-24(22)29)9-10-26-16-25(30)27(2)3/h4-8,11-12,20-24,26,28-29H,9-10,13-16H2,1-3H3/b8-7+/t20-,21-,22+,23-,24+/m0/s1. The molecule has 0 aromatic heterocycles. The van der Waals surface area contributed by atoms with Crippen molar-refractivity contribution in [3.8, 4) is 0 Å². The summed E-state index contributed by atoms with van der Waals surface area (Å²) in [6, 6.07) is 8.22. The fourth-order valence-corrected chi connectivity index (χ4v) is 4.80. The van der Waals surface area contributed by atoms with Gasteiger partial charge in [0.05, 0.1) is 18.8 Å². The Hall–Kier alpha value is -1.95. The Bertz CT molecular complexity index is 786. The second-order valence-electron chi connectivity index (χ2n) is 9.10. The quantitative estimate of drug-likeness (QED) is 0.430. The molecule has 0 radical (unpaired) electrons. The third-order valence-electron chi connectivity index (χ3n) is 6.43. The lowest BCUT2D eigenvalue weighted by molar-refractivity contribution is -0.127. The van der Waals surface area contributed by atoms with Gasteiger partial charge in [-0.2, -0.15) is 0 Å². The van der Waals surface area contributed by atoms with Crippen molar-refractivity contribution in [1.82, 2.24) is 10.2 Å². The molecule has 1 aromatic carbocycles. The van der Waals surface area contributed by atoms with Crippen LogP contribution in [0.3, 0.4) is 0 Å². The van der Waals surface area contributed by atoms with E-state index in [0.717, 1.165) is 31.4 Å². The first-order valence-electron chi connectivity index (χ1n) is 11.0. The number of hydrogen-bond donors (Lipinski definition) is 3. The van der Waals surface area contributed by atoms with Gasteiger partial charge in [-0.25, -0.2) is 0 Å². The molecule has 5 heteroatoms. The van der Waals surface area contributed by atoms with Gasteiger partial charge < -0.3 is 20.4 Å². The average molecular weight is 413 g/mol. The Morgan fingerprint density at radius 1 is 1.37 bits per heavy atom. The second kappa shape index (κ2) is 10.4. The minimum absolute atomic E-state index is 0.0878. The highest BCUT2D eigenvalue weighted by Gasteiger charge is 2.43. The number of carbonyl (C=O) groups excluding carboxylic acids is 1. The smallest absolute Gasteiger partial charge is 0.236 e. The molecule has 1 aromatic rings. The third kappa shape index (κ3) is 6.03. The Balaban J connectivity index is 1.47. The molecule has 0 heterocycles. The molecule has 0 unspecified atom stereocenters. The van der Waals surface area contributed by atoms with Crippen molar-refractivity contribution in [2.24, 2.45) is 17.8 Å². The Morgan fingerprint density at radius 3 is 2.90 bits per heavy atom. The largest absolute Gasteiger partial charge is 0.392 e. The molecule has 0 saturated heterocycles. The summed E-state index contributed by atoms with van der Waals surface area (Å²) in [5.74, 6) is 1.02. The van der Waals surface area contributed by atoms with Crippen LogP contribution in [0.2, 0.25) is 0 Å². The first-order chi connectivity index (χ1) is 14.3. The van der Waals surface area contributed by atoms with Crippen LogP contribution in [-0.4, -0.2) is 60.4 Å². The van der Waals surface area contributed by atoms with E-state index in [1.54, 1.807) is 19.0 Å². The van der Waals surface area contributed by atoms with Crippen molar-refractivity contribution < 1.29 is 15.0 Å². The predicted octanol–water partition coefficient (Wildman–Crippen LogP) is 2.47. The van der Waals surface area contributed by atoms with Crippen LogP contribution < -0.4 is 5.32 Å². The van der Waals surface area contributed by atoms with Crippen LogP contribution in [-0.2, 0) is 11.2 Å². The van der Waals surface area contributed by atoms with Gasteiger partial charge in [0.1, 0.15) is 0 Å². The summed E-state index contributed by atoms with van der Waals surface area (Å²) in [6.45, 7) is 3.22. The first kappa shape index (κ1) is 22.7. The molecule has 30 heavy (non-hydrogen) atoms. The zero-order valence-electron chi connectivity index (χ0n) is 18.4. The van der Waals surface area contributed by atoms with E-state index in [0.29, 0.717) is 24.8 Å². The number of hydrogen-bond acceptors (Lipinski definition) is 4. The second-order valence-corrected chi connectivity index (χ2v) is 9.10. The molecule has 1 saturated carbocycles. The van der Waals surface area contributed by atoms with Crippen molar-refractivity contribution >= 4 is 5.91 Å². The van der Waals surface area contributed by atoms with Crippen LogP contribution in [0.1, 0.15) is 30.4 Å². The van der Waals surface area contributed by atoms with Crippen molar-refractivity contribution in [2.45, 2.75) is 44.8 Å². The summed E-state index contributed by atoms with van der Waals surface area (Å²) in [4.78, 5) is 13.2. The molecule has 3 rings (SSSR count). The molecular formula is C25H36N2O3. The van der Waals surface area contributed by atoms with Gasteiger partial charge in [0, 0.05) is 26.4 Å². The maximum absolute atomic E-state index is 11.6. The lowest BCUT2D eigenvalue weighted by Gasteiger charge is -2.19. The van der Waals surface area contributed by atoms with Crippen LogP contribution in [0.4, 0.5) is 0 Å². The highest BCUT2D eigenvalue weighted by atomic mass is 16.3. The average Bonchev–Trinajstić information content (AvgIpc) is 3.19. The van der Waals surface area contributed by atoms with E-state index in [-0.39, 0.29) is 17.9 Å². The van der Waals surface area contributed by atoms with Crippen molar-refractivity contribution in [3.63, 3.8) is 0 Å². The lowest BCUT2D eigenvalue weighted by Crippen LogP contribution is -2.33. The van der Waals surface area contributed by atoms with E-state index < -0.39 is 6.10 Å². The van der Waals surface area contributed by atoms with Crippen molar-refractivity contribution in [3.05, 3.63) is 59.2 Å². The number of rotatable bonds is 9. The normalized spacial score (nSPS) is 26.6. The fourth-order valence-electron chi connectivity index (χ4n) is 4.80. The molecule has 0 spiro atoms. The van der Waals surface area contributed by atoms with Gasteiger partial charge in [0.25, 0.3) is 0 Å². The number of aryl methyl sites for hydroxylation is 1. The van der Waals surface area contributed by atoms with Crippen LogP contribution in [0.15, 0.2) is 48.1 Å². The molecule has 3 N–H and O–H groups in total. The molecule has 1 amide bonds. The number of likely N-dealkylation sites (N-methyl/N-ethyl adjacent to an activating group) is 1. The highest BCUT2D eigenvalue weighted by Crippen LogP contribution is 2.47. The minimum Gasteiger partial charge on any atom is -0.392 e. The van der Waals surface area contributed by atoms with Gasteiger partial charge in [-0.05, 0) is 50.1 Å². The number of fused-ring (bicyclic) bond motifs is 1. The number of benzene rings is 1. The zero-order valence-corrected chi connectivity index (χ0v) is 18.4. The molecule has 0 aliphatic heterocycles. The van der Waals surface area contributed by atoms with Crippen molar-refractivity contribution in [2.75, 3.05) is 27.2 Å². The molecule has 1 fully saturated rings. The lowest BCUT2D eigenvalue weighted by atomic mass is 9.88. The number of carbonyl (C=O) groups is 1. The number of allylic oxidation sites excluding steroid dienone is 1. The molecule has 5 nitrogen and oxygen atoms in total. The molecular weight excluding hydrogens is 376 g/mol. The van der Waals surface area contributed by atoms with E-state index in [1.807, 2.05) is 24.3 Å². The SMILES string of the molecule is Cc1cccc(C[C@@H](O)/C=C/[C@@H]2[C@H]3CC(CCNCC(=O)N(C)C)=C[C@H]3C[C@H]2O)c1. The van der Waals surface area contributed by atoms with Crippen LogP contribution in [0, 0.1) is 24.7 Å².